The Labute approximate surface area is 112 Å². The summed E-state index contributed by atoms with van der Waals surface area (Å²) in [4.78, 5) is 0. The monoisotopic (exact) mass is 258 g/mol. The van der Waals surface area contributed by atoms with E-state index in [1.165, 1.54) is 5.56 Å². The van der Waals surface area contributed by atoms with Crippen molar-refractivity contribution in [3.63, 3.8) is 0 Å². The number of fused-ring (bicyclic) bond motifs is 1. The molecular formula is C14H18N4O. The highest BCUT2D eigenvalue weighted by Gasteiger charge is 2.21. The van der Waals surface area contributed by atoms with E-state index in [2.05, 4.69) is 22.4 Å². The van der Waals surface area contributed by atoms with Gasteiger partial charge in [0, 0.05) is 25.1 Å². The molecule has 1 aromatic carbocycles. The SMILES string of the molecule is NCCc1cn(CC2CCOc3ccccc32)nn1. The van der Waals surface area contributed by atoms with Crippen molar-refractivity contribution in [3.8, 4) is 5.75 Å². The zero-order valence-electron chi connectivity index (χ0n) is 10.8. The maximum Gasteiger partial charge on any atom is 0.122 e. The van der Waals surface area contributed by atoms with E-state index in [4.69, 9.17) is 10.5 Å². The second kappa shape index (κ2) is 5.40. The molecule has 5 nitrogen and oxygen atoms in total. The van der Waals surface area contributed by atoms with E-state index in [-0.39, 0.29) is 0 Å². The maximum absolute atomic E-state index is 5.67. The lowest BCUT2D eigenvalue weighted by molar-refractivity contribution is 0.256. The first-order valence-electron chi connectivity index (χ1n) is 6.67. The molecular weight excluding hydrogens is 240 g/mol. The first-order valence-corrected chi connectivity index (χ1v) is 6.67. The van der Waals surface area contributed by atoms with Crippen LogP contribution in [0.1, 0.15) is 23.6 Å². The van der Waals surface area contributed by atoms with Crippen molar-refractivity contribution in [3.05, 3.63) is 41.7 Å². The molecule has 100 valence electrons. The van der Waals surface area contributed by atoms with Gasteiger partial charge in [-0.1, -0.05) is 23.4 Å². The lowest BCUT2D eigenvalue weighted by Crippen LogP contribution is -2.18. The van der Waals surface area contributed by atoms with Crippen LogP contribution in [0.5, 0.6) is 5.75 Å². The minimum atomic E-state index is 0.442. The highest BCUT2D eigenvalue weighted by atomic mass is 16.5. The Morgan fingerprint density at radius 3 is 3.16 bits per heavy atom. The fourth-order valence-electron chi connectivity index (χ4n) is 2.52. The Hall–Kier alpha value is -1.88. The van der Waals surface area contributed by atoms with E-state index >= 15 is 0 Å². The summed E-state index contributed by atoms with van der Waals surface area (Å²) < 4.78 is 7.59. The van der Waals surface area contributed by atoms with E-state index in [9.17, 15) is 0 Å². The number of benzene rings is 1. The average molecular weight is 258 g/mol. The predicted octanol–water partition coefficient (Wildman–Crippen LogP) is 1.35. The number of nitrogens with zero attached hydrogens (tertiary/aromatic N) is 3. The van der Waals surface area contributed by atoms with Crippen molar-refractivity contribution in [2.45, 2.75) is 25.3 Å². The third-order valence-electron chi connectivity index (χ3n) is 3.48. The lowest BCUT2D eigenvalue weighted by Gasteiger charge is -2.25. The van der Waals surface area contributed by atoms with Crippen LogP contribution >= 0.6 is 0 Å². The summed E-state index contributed by atoms with van der Waals surface area (Å²) in [6.07, 6.45) is 3.79. The van der Waals surface area contributed by atoms with Gasteiger partial charge in [0.1, 0.15) is 5.75 Å². The summed E-state index contributed by atoms with van der Waals surface area (Å²) in [5.74, 6) is 1.44. The van der Waals surface area contributed by atoms with Gasteiger partial charge in [0.15, 0.2) is 0 Å². The van der Waals surface area contributed by atoms with Crippen LogP contribution in [0.3, 0.4) is 0 Å². The second-order valence-corrected chi connectivity index (χ2v) is 4.84. The zero-order valence-corrected chi connectivity index (χ0v) is 10.8. The molecule has 1 aliphatic rings. The number of rotatable bonds is 4. The highest BCUT2D eigenvalue weighted by molar-refractivity contribution is 5.37. The molecule has 5 heteroatoms. The molecule has 19 heavy (non-hydrogen) atoms. The van der Waals surface area contributed by atoms with E-state index in [1.807, 2.05) is 23.0 Å². The molecule has 1 aromatic heterocycles. The molecule has 1 unspecified atom stereocenters. The van der Waals surface area contributed by atoms with Crippen LogP contribution in [0, 0.1) is 0 Å². The molecule has 0 fully saturated rings. The molecule has 1 aliphatic heterocycles. The summed E-state index contributed by atoms with van der Waals surface area (Å²) in [5, 5.41) is 8.30. The number of ether oxygens (including phenoxy) is 1. The number of nitrogens with two attached hydrogens (primary N) is 1. The van der Waals surface area contributed by atoms with Crippen molar-refractivity contribution in [2.75, 3.05) is 13.2 Å². The third-order valence-corrected chi connectivity index (χ3v) is 3.48. The second-order valence-electron chi connectivity index (χ2n) is 4.84. The molecule has 0 radical (unpaired) electrons. The van der Waals surface area contributed by atoms with Crippen molar-refractivity contribution in [1.29, 1.82) is 0 Å². The Kier molecular flexibility index (Phi) is 3.46. The Morgan fingerprint density at radius 1 is 1.37 bits per heavy atom. The Morgan fingerprint density at radius 2 is 2.26 bits per heavy atom. The molecule has 3 rings (SSSR count). The number of hydrogen-bond donors (Lipinski definition) is 1. The molecule has 0 bridgehead atoms. The maximum atomic E-state index is 5.67. The van der Waals surface area contributed by atoms with E-state index < -0.39 is 0 Å². The van der Waals surface area contributed by atoms with E-state index in [0.29, 0.717) is 12.5 Å². The number of hydrogen-bond acceptors (Lipinski definition) is 4. The fraction of sp³-hybridized carbons (Fsp3) is 0.429. The topological polar surface area (TPSA) is 66.0 Å². The minimum Gasteiger partial charge on any atom is -0.493 e. The first-order chi connectivity index (χ1) is 9.36. The van der Waals surface area contributed by atoms with Crippen LogP contribution in [0.25, 0.3) is 0 Å². The van der Waals surface area contributed by atoms with E-state index in [0.717, 1.165) is 37.4 Å². The van der Waals surface area contributed by atoms with Gasteiger partial charge in [0.05, 0.1) is 12.3 Å². The number of aromatic nitrogens is 3. The molecule has 0 aliphatic carbocycles. The summed E-state index contributed by atoms with van der Waals surface area (Å²) in [5.41, 5.74) is 7.75. The van der Waals surface area contributed by atoms with Crippen molar-refractivity contribution in [2.24, 2.45) is 5.73 Å². The largest absolute Gasteiger partial charge is 0.493 e. The predicted molar refractivity (Wildman–Crippen MR) is 72.1 cm³/mol. The van der Waals surface area contributed by atoms with Gasteiger partial charge in [-0.05, 0) is 24.6 Å². The molecule has 1 atom stereocenters. The molecule has 2 heterocycles. The third kappa shape index (κ3) is 2.61. The van der Waals surface area contributed by atoms with Crippen LogP contribution in [0.15, 0.2) is 30.5 Å². The zero-order chi connectivity index (χ0) is 13.1. The van der Waals surface area contributed by atoms with Crippen LogP contribution in [-0.4, -0.2) is 28.1 Å². The molecule has 2 aromatic rings. The normalized spacial score (nSPS) is 17.8. The molecule has 0 saturated heterocycles. The number of para-hydroxylation sites is 1. The average Bonchev–Trinajstić information content (AvgIpc) is 2.87. The van der Waals surface area contributed by atoms with Crippen LogP contribution < -0.4 is 10.5 Å². The van der Waals surface area contributed by atoms with Crippen LogP contribution in [-0.2, 0) is 13.0 Å². The Bertz CT molecular complexity index is 552. The molecule has 0 amide bonds. The van der Waals surface area contributed by atoms with Gasteiger partial charge in [-0.25, -0.2) is 0 Å². The van der Waals surface area contributed by atoms with Crippen molar-refractivity contribution < 1.29 is 4.74 Å². The quantitative estimate of drug-likeness (QED) is 0.899. The van der Waals surface area contributed by atoms with E-state index in [1.54, 1.807) is 0 Å². The Balaban J connectivity index is 1.76. The van der Waals surface area contributed by atoms with Crippen LogP contribution in [0.2, 0.25) is 0 Å². The van der Waals surface area contributed by atoms with Gasteiger partial charge in [0.2, 0.25) is 0 Å². The van der Waals surface area contributed by atoms with Gasteiger partial charge in [0.25, 0.3) is 0 Å². The smallest absolute Gasteiger partial charge is 0.122 e. The van der Waals surface area contributed by atoms with Crippen molar-refractivity contribution >= 4 is 0 Å². The van der Waals surface area contributed by atoms with Crippen molar-refractivity contribution in [1.82, 2.24) is 15.0 Å². The summed E-state index contributed by atoms with van der Waals surface area (Å²) in [6, 6.07) is 8.23. The summed E-state index contributed by atoms with van der Waals surface area (Å²) in [6.45, 7) is 2.22. The van der Waals surface area contributed by atoms with Gasteiger partial charge in [-0.15, -0.1) is 5.10 Å². The standard InChI is InChI=1S/C14H18N4O/c15-7-5-12-10-18(17-16-12)9-11-6-8-19-14-4-2-1-3-13(11)14/h1-4,10-11H,5-9,15H2. The fourth-order valence-corrected chi connectivity index (χ4v) is 2.52. The highest BCUT2D eigenvalue weighted by Crippen LogP contribution is 2.34. The van der Waals surface area contributed by atoms with Gasteiger partial charge in [-0.2, -0.15) is 0 Å². The summed E-state index contributed by atoms with van der Waals surface area (Å²) >= 11 is 0. The summed E-state index contributed by atoms with van der Waals surface area (Å²) in [7, 11) is 0. The molecule has 2 N–H and O–H groups in total. The molecule has 0 spiro atoms. The van der Waals surface area contributed by atoms with Gasteiger partial charge >= 0.3 is 0 Å². The van der Waals surface area contributed by atoms with Gasteiger partial charge < -0.3 is 10.5 Å². The first kappa shape index (κ1) is 12.2. The van der Waals surface area contributed by atoms with Gasteiger partial charge in [-0.3, -0.25) is 4.68 Å². The minimum absolute atomic E-state index is 0.442. The molecule has 0 saturated carbocycles. The lowest BCUT2D eigenvalue weighted by atomic mass is 9.93. The van der Waals surface area contributed by atoms with Crippen LogP contribution in [0.4, 0.5) is 0 Å².